The maximum atomic E-state index is 12.7. The Labute approximate surface area is 168 Å². The average molecular weight is 397 g/mol. The molecule has 2 aromatic carbocycles. The summed E-state index contributed by atoms with van der Waals surface area (Å²) in [5.74, 6) is -0.882. The molecule has 6 heteroatoms. The Balaban J connectivity index is 1.89. The quantitative estimate of drug-likeness (QED) is 0.617. The number of esters is 1. The fourth-order valence-corrected chi connectivity index (χ4v) is 2.87. The summed E-state index contributed by atoms with van der Waals surface area (Å²) in [6.45, 7) is 3.54. The first-order chi connectivity index (χ1) is 13.5. The highest BCUT2D eigenvalue weighted by molar-refractivity contribution is 6.30. The molecule has 0 aliphatic rings. The number of aromatic nitrogens is 1. The smallest absolute Gasteiger partial charge is 0.339 e. The molecule has 1 heterocycles. The van der Waals surface area contributed by atoms with Crippen molar-refractivity contribution in [2.75, 3.05) is 6.61 Å². The molecule has 1 atom stereocenters. The molecule has 0 aliphatic heterocycles. The summed E-state index contributed by atoms with van der Waals surface area (Å²) in [6.07, 6.45) is 0.805. The van der Waals surface area contributed by atoms with Gasteiger partial charge in [0.2, 0.25) is 0 Å². The second-order valence-corrected chi connectivity index (χ2v) is 6.97. The lowest BCUT2D eigenvalue weighted by Crippen LogP contribution is -2.35. The molecular formula is C22H21ClN2O3. The van der Waals surface area contributed by atoms with E-state index in [1.54, 1.807) is 18.2 Å². The number of benzene rings is 2. The van der Waals surface area contributed by atoms with Crippen LogP contribution in [0.1, 0.15) is 30.6 Å². The zero-order valence-corrected chi connectivity index (χ0v) is 16.5. The Morgan fingerprint density at radius 1 is 1.14 bits per heavy atom. The van der Waals surface area contributed by atoms with Crippen molar-refractivity contribution in [1.82, 2.24) is 10.3 Å². The van der Waals surface area contributed by atoms with Crippen LogP contribution in [0.2, 0.25) is 5.02 Å². The molecule has 0 bridgehead atoms. The van der Waals surface area contributed by atoms with E-state index in [1.807, 2.05) is 50.2 Å². The van der Waals surface area contributed by atoms with Gasteiger partial charge in [-0.2, -0.15) is 0 Å². The van der Waals surface area contributed by atoms with Gasteiger partial charge in [-0.15, -0.1) is 0 Å². The fraction of sp³-hybridized carbons (Fsp3) is 0.227. The topological polar surface area (TPSA) is 68.3 Å². The van der Waals surface area contributed by atoms with Gasteiger partial charge in [0.15, 0.2) is 6.61 Å². The van der Waals surface area contributed by atoms with Crippen molar-refractivity contribution in [2.24, 2.45) is 0 Å². The molecule has 0 saturated heterocycles. The van der Waals surface area contributed by atoms with Crippen LogP contribution in [0.4, 0.5) is 0 Å². The van der Waals surface area contributed by atoms with Crippen LogP contribution in [0.3, 0.4) is 0 Å². The Morgan fingerprint density at radius 2 is 1.86 bits per heavy atom. The van der Waals surface area contributed by atoms with Crippen LogP contribution in [0, 0.1) is 0 Å². The SMILES string of the molecule is CCC(C)NC(=O)COC(=O)c1cc(-c2ccc(Cl)cc2)nc2ccccc12. The van der Waals surface area contributed by atoms with Crippen LogP contribution in [0.15, 0.2) is 54.6 Å². The molecule has 0 radical (unpaired) electrons. The number of hydrogen-bond donors (Lipinski definition) is 1. The number of nitrogens with zero attached hydrogens (tertiary/aromatic N) is 1. The third-order valence-corrected chi connectivity index (χ3v) is 4.68. The molecule has 3 rings (SSSR count). The van der Waals surface area contributed by atoms with E-state index in [0.29, 0.717) is 27.2 Å². The van der Waals surface area contributed by atoms with Crippen molar-refractivity contribution in [3.05, 3.63) is 65.2 Å². The van der Waals surface area contributed by atoms with Gasteiger partial charge in [-0.1, -0.05) is 48.9 Å². The summed E-state index contributed by atoms with van der Waals surface area (Å²) in [5.41, 5.74) is 2.50. The van der Waals surface area contributed by atoms with Gasteiger partial charge in [0.1, 0.15) is 0 Å². The van der Waals surface area contributed by atoms with Crippen molar-refractivity contribution in [3.63, 3.8) is 0 Å². The van der Waals surface area contributed by atoms with Crippen LogP contribution in [0.25, 0.3) is 22.2 Å². The molecule has 0 saturated carbocycles. The minimum atomic E-state index is -0.562. The van der Waals surface area contributed by atoms with Crippen LogP contribution in [-0.2, 0) is 9.53 Å². The fourth-order valence-electron chi connectivity index (χ4n) is 2.74. The Kier molecular flexibility index (Phi) is 6.26. The van der Waals surface area contributed by atoms with Gasteiger partial charge in [-0.25, -0.2) is 9.78 Å². The standard InChI is InChI=1S/C22H21ClN2O3/c1-3-14(2)24-21(26)13-28-22(27)18-12-20(15-8-10-16(23)11-9-15)25-19-7-5-4-6-17(18)19/h4-12,14H,3,13H2,1-2H3,(H,24,26). The number of rotatable bonds is 6. The predicted molar refractivity (Wildman–Crippen MR) is 110 cm³/mol. The van der Waals surface area contributed by atoms with Gasteiger partial charge in [-0.3, -0.25) is 4.79 Å². The number of nitrogens with one attached hydrogen (secondary N) is 1. The normalized spacial score (nSPS) is 11.8. The highest BCUT2D eigenvalue weighted by Crippen LogP contribution is 2.26. The highest BCUT2D eigenvalue weighted by atomic mass is 35.5. The number of carbonyl (C=O) groups excluding carboxylic acids is 2. The van der Waals surface area contributed by atoms with Gasteiger partial charge in [0.25, 0.3) is 5.91 Å². The second-order valence-electron chi connectivity index (χ2n) is 6.53. The molecule has 1 N–H and O–H groups in total. The van der Waals surface area contributed by atoms with E-state index < -0.39 is 5.97 Å². The minimum Gasteiger partial charge on any atom is -0.452 e. The molecule has 28 heavy (non-hydrogen) atoms. The molecule has 0 aliphatic carbocycles. The van der Waals surface area contributed by atoms with Gasteiger partial charge in [0.05, 0.1) is 16.8 Å². The third-order valence-electron chi connectivity index (χ3n) is 4.43. The minimum absolute atomic E-state index is 0.0319. The van der Waals surface area contributed by atoms with Crippen molar-refractivity contribution >= 4 is 34.4 Å². The molecule has 1 unspecified atom stereocenters. The van der Waals surface area contributed by atoms with Gasteiger partial charge < -0.3 is 10.1 Å². The maximum Gasteiger partial charge on any atom is 0.339 e. The Hall–Kier alpha value is -2.92. The summed E-state index contributed by atoms with van der Waals surface area (Å²) < 4.78 is 5.25. The van der Waals surface area contributed by atoms with E-state index in [9.17, 15) is 9.59 Å². The van der Waals surface area contributed by atoms with Crippen molar-refractivity contribution in [1.29, 1.82) is 0 Å². The predicted octanol–water partition coefficient (Wildman–Crippen LogP) is 4.63. The summed E-state index contributed by atoms with van der Waals surface area (Å²) in [5, 5.41) is 4.07. The molecule has 5 nitrogen and oxygen atoms in total. The number of carbonyl (C=O) groups is 2. The Bertz CT molecular complexity index is 1000. The molecule has 3 aromatic rings. The summed E-state index contributed by atoms with van der Waals surface area (Å²) in [4.78, 5) is 29.3. The van der Waals surface area contributed by atoms with E-state index >= 15 is 0 Å². The van der Waals surface area contributed by atoms with Crippen LogP contribution >= 0.6 is 11.6 Å². The maximum absolute atomic E-state index is 12.7. The lowest BCUT2D eigenvalue weighted by atomic mass is 10.0. The van der Waals surface area contributed by atoms with Gasteiger partial charge >= 0.3 is 5.97 Å². The van der Waals surface area contributed by atoms with E-state index in [0.717, 1.165) is 12.0 Å². The molecule has 0 spiro atoms. The van der Waals surface area contributed by atoms with Crippen molar-refractivity contribution in [2.45, 2.75) is 26.3 Å². The number of hydrogen-bond acceptors (Lipinski definition) is 4. The number of ether oxygens (including phenoxy) is 1. The monoisotopic (exact) mass is 396 g/mol. The van der Waals surface area contributed by atoms with Crippen LogP contribution in [-0.4, -0.2) is 29.5 Å². The third kappa shape index (κ3) is 4.67. The van der Waals surface area contributed by atoms with E-state index in [-0.39, 0.29) is 18.6 Å². The van der Waals surface area contributed by atoms with E-state index in [1.165, 1.54) is 0 Å². The summed E-state index contributed by atoms with van der Waals surface area (Å²) in [6, 6.07) is 16.3. The zero-order chi connectivity index (χ0) is 20.1. The van der Waals surface area contributed by atoms with Gasteiger partial charge in [0, 0.05) is 22.0 Å². The highest BCUT2D eigenvalue weighted by Gasteiger charge is 2.17. The van der Waals surface area contributed by atoms with E-state index in [4.69, 9.17) is 16.3 Å². The van der Waals surface area contributed by atoms with Crippen LogP contribution in [0.5, 0.6) is 0 Å². The number of para-hydroxylation sites is 1. The number of pyridine rings is 1. The van der Waals surface area contributed by atoms with E-state index in [2.05, 4.69) is 10.3 Å². The second kappa shape index (κ2) is 8.85. The van der Waals surface area contributed by atoms with Gasteiger partial charge in [-0.05, 0) is 37.6 Å². The lowest BCUT2D eigenvalue weighted by molar-refractivity contribution is -0.124. The number of fused-ring (bicyclic) bond motifs is 1. The molecule has 1 aromatic heterocycles. The number of halogens is 1. The average Bonchev–Trinajstić information content (AvgIpc) is 2.71. The van der Waals surface area contributed by atoms with Crippen LogP contribution < -0.4 is 5.32 Å². The van der Waals surface area contributed by atoms with Crippen molar-refractivity contribution < 1.29 is 14.3 Å². The summed E-state index contributed by atoms with van der Waals surface area (Å²) in [7, 11) is 0. The Morgan fingerprint density at radius 3 is 2.57 bits per heavy atom. The first kappa shape index (κ1) is 19.8. The molecule has 144 valence electrons. The number of amides is 1. The first-order valence-corrected chi connectivity index (χ1v) is 9.48. The summed E-state index contributed by atoms with van der Waals surface area (Å²) >= 11 is 5.96. The largest absolute Gasteiger partial charge is 0.452 e. The molecule has 1 amide bonds. The van der Waals surface area contributed by atoms with Crippen molar-refractivity contribution in [3.8, 4) is 11.3 Å². The zero-order valence-electron chi connectivity index (χ0n) is 15.7. The lowest BCUT2D eigenvalue weighted by Gasteiger charge is -2.12. The first-order valence-electron chi connectivity index (χ1n) is 9.10. The molecule has 0 fully saturated rings. The molecular weight excluding hydrogens is 376 g/mol.